The fraction of sp³-hybridized carbons (Fsp3) is 0.333. The third kappa shape index (κ3) is 1.61. The van der Waals surface area contributed by atoms with Crippen molar-refractivity contribution in [1.29, 1.82) is 0 Å². The van der Waals surface area contributed by atoms with Gasteiger partial charge in [0.25, 0.3) is 0 Å². The molecular formula is C9H11F2N. The van der Waals surface area contributed by atoms with E-state index in [9.17, 15) is 8.78 Å². The number of halogens is 2. The van der Waals surface area contributed by atoms with Crippen molar-refractivity contribution in [3.05, 3.63) is 34.9 Å². The van der Waals surface area contributed by atoms with Crippen molar-refractivity contribution in [1.82, 2.24) is 0 Å². The Bertz CT molecular complexity index is 272. The highest BCUT2D eigenvalue weighted by Gasteiger charge is 2.08. The zero-order chi connectivity index (χ0) is 9.30. The van der Waals surface area contributed by atoms with Gasteiger partial charge in [-0.05, 0) is 31.5 Å². The summed E-state index contributed by atoms with van der Waals surface area (Å²) in [6, 6.07) is 2.20. The SMILES string of the molecule is Cc1c(F)cc([C@@H](C)N)cc1F. The molecule has 0 heterocycles. The summed E-state index contributed by atoms with van der Waals surface area (Å²) in [6.07, 6.45) is 0. The van der Waals surface area contributed by atoms with Crippen LogP contribution in [0.5, 0.6) is 0 Å². The predicted octanol–water partition coefficient (Wildman–Crippen LogP) is 2.29. The van der Waals surface area contributed by atoms with Gasteiger partial charge in [0.2, 0.25) is 0 Å². The smallest absolute Gasteiger partial charge is 0.129 e. The van der Waals surface area contributed by atoms with E-state index < -0.39 is 11.6 Å². The van der Waals surface area contributed by atoms with Crippen LogP contribution in [0.25, 0.3) is 0 Å². The Morgan fingerprint density at radius 1 is 1.25 bits per heavy atom. The van der Waals surface area contributed by atoms with Gasteiger partial charge in [0, 0.05) is 11.6 Å². The number of nitrogens with two attached hydrogens (primary N) is 1. The minimum Gasteiger partial charge on any atom is -0.324 e. The van der Waals surface area contributed by atoms with Gasteiger partial charge >= 0.3 is 0 Å². The molecule has 0 saturated heterocycles. The van der Waals surface area contributed by atoms with E-state index >= 15 is 0 Å². The monoisotopic (exact) mass is 171 g/mol. The standard InChI is InChI=1S/C9H11F2N/c1-5-8(10)3-7(6(2)12)4-9(5)11/h3-4,6H,12H2,1-2H3/t6-/m1/s1. The van der Waals surface area contributed by atoms with Gasteiger partial charge < -0.3 is 5.73 Å². The molecule has 1 nitrogen and oxygen atoms in total. The van der Waals surface area contributed by atoms with Crippen LogP contribution in [0.15, 0.2) is 12.1 Å². The molecule has 1 rings (SSSR count). The summed E-state index contributed by atoms with van der Waals surface area (Å²) >= 11 is 0. The summed E-state index contributed by atoms with van der Waals surface area (Å²) < 4.78 is 25.8. The Kier molecular flexibility index (Phi) is 2.43. The van der Waals surface area contributed by atoms with Gasteiger partial charge in [-0.1, -0.05) is 0 Å². The quantitative estimate of drug-likeness (QED) is 0.689. The topological polar surface area (TPSA) is 26.0 Å². The Morgan fingerprint density at radius 2 is 1.67 bits per heavy atom. The van der Waals surface area contributed by atoms with Crippen LogP contribution >= 0.6 is 0 Å². The molecule has 0 aliphatic rings. The maximum Gasteiger partial charge on any atom is 0.129 e. The molecular weight excluding hydrogens is 160 g/mol. The molecule has 0 spiro atoms. The molecule has 1 aromatic rings. The van der Waals surface area contributed by atoms with E-state index in [4.69, 9.17) is 5.73 Å². The molecule has 3 heteroatoms. The van der Waals surface area contributed by atoms with Crippen molar-refractivity contribution in [2.75, 3.05) is 0 Å². The average molecular weight is 171 g/mol. The lowest BCUT2D eigenvalue weighted by atomic mass is 10.1. The van der Waals surface area contributed by atoms with Crippen molar-refractivity contribution >= 4 is 0 Å². The Labute approximate surface area is 70.2 Å². The highest BCUT2D eigenvalue weighted by atomic mass is 19.1. The first-order chi connectivity index (χ1) is 5.52. The van der Waals surface area contributed by atoms with Gasteiger partial charge in [-0.3, -0.25) is 0 Å². The van der Waals surface area contributed by atoms with Crippen molar-refractivity contribution in [2.24, 2.45) is 5.73 Å². The minimum absolute atomic E-state index is 0.0411. The minimum atomic E-state index is -0.540. The molecule has 1 aromatic carbocycles. The van der Waals surface area contributed by atoms with Crippen LogP contribution in [0.2, 0.25) is 0 Å². The van der Waals surface area contributed by atoms with Crippen molar-refractivity contribution < 1.29 is 8.78 Å². The first kappa shape index (κ1) is 9.13. The van der Waals surface area contributed by atoms with Gasteiger partial charge in [0.05, 0.1) is 0 Å². The van der Waals surface area contributed by atoms with E-state index in [0.29, 0.717) is 5.56 Å². The highest BCUT2D eigenvalue weighted by Crippen LogP contribution is 2.17. The molecule has 0 aliphatic heterocycles. The lowest BCUT2D eigenvalue weighted by molar-refractivity contribution is 0.561. The number of benzene rings is 1. The number of hydrogen-bond acceptors (Lipinski definition) is 1. The molecule has 0 unspecified atom stereocenters. The number of hydrogen-bond donors (Lipinski definition) is 1. The Balaban J connectivity index is 3.21. The van der Waals surface area contributed by atoms with E-state index in [1.54, 1.807) is 6.92 Å². The zero-order valence-electron chi connectivity index (χ0n) is 7.07. The van der Waals surface area contributed by atoms with Crippen LogP contribution in [0, 0.1) is 18.6 Å². The molecule has 0 aliphatic carbocycles. The first-order valence-corrected chi connectivity index (χ1v) is 3.73. The second kappa shape index (κ2) is 3.19. The summed E-state index contributed by atoms with van der Waals surface area (Å²) in [5.74, 6) is -1.08. The highest BCUT2D eigenvalue weighted by molar-refractivity contribution is 5.26. The Morgan fingerprint density at radius 3 is 2.00 bits per heavy atom. The van der Waals surface area contributed by atoms with Crippen LogP contribution in [0.3, 0.4) is 0 Å². The molecule has 0 aromatic heterocycles. The second-order valence-corrected chi connectivity index (χ2v) is 2.90. The summed E-state index contributed by atoms with van der Waals surface area (Å²) in [5.41, 5.74) is 5.99. The van der Waals surface area contributed by atoms with Gasteiger partial charge in [-0.25, -0.2) is 8.78 Å². The number of rotatable bonds is 1. The van der Waals surface area contributed by atoms with E-state index in [0.717, 1.165) is 0 Å². The summed E-state index contributed by atoms with van der Waals surface area (Å²) in [7, 11) is 0. The molecule has 0 saturated carbocycles. The lowest BCUT2D eigenvalue weighted by Gasteiger charge is -2.07. The summed E-state index contributed by atoms with van der Waals surface area (Å²) in [5, 5.41) is 0. The third-order valence-corrected chi connectivity index (χ3v) is 1.83. The third-order valence-electron chi connectivity index (χ3n) is 1.83. The fourth-order valence-corrected chi connectivity index (χ4v) is 0.928. The average Bonchev–Trinajstić information content (AvgIpc) is 1.99. The van der Waals surface area contributed by atoms with Gasteiger partial charge in [0.15, 0.2) is 0 Å². The molecule has 66 valence electrons. The fourth-order valence-electron chi connectivity index (χ4n) is 0.928. The van der Waals surface area contributed by atoms with Gasteiger partial charge in [-0.15, -0.1) is 0 Å². The van der Waals surface area contributed by atoms with Gasteiger partial charge in [-0.2, -0.15) is 0 Å². The maximum atomic E-state index is 12.9. The second-order valence-electron chi connectivity index (χ2n) is 2.90. The van der Waals surface area contributed by atoms with E-state index in [-0.39, 0.29) is 11.6 Å². The molecule has 0 bridgehead atoms. The molecule has 0 radical (unpaired) electrons. The van der Waals surface area contributed by atoms with E-state index in [2.05, 4.69) is 0 Å². The van der Waals surface area contributed by atoms with E-state index in [1.807, 2.05) is 0 Å². The molecule has 0 fully saturated rings. The first-order valence-electron chi connectivity index (χ1n) is 3.73. The Hall–Kier alpha value is -0.960. The normalized spacial score (nSPS) is 13.1. The molecule has 2 N–H and O–H groups in total. The zero-order valence-corrected chi connectivity index (χ0v) is 7.07. The lowest BCUT2D eigenvalue weighted by Crippen LogP contribution is -2.06. The summed E-state index contributed by atoms with van der Waals surface area (Å²) in [4.78, 5) is 0. The molecule has 12 heavy (non-hydrogen) atoms. The van der Waals surface area contributed by atoms with Crippen molar-refractivity contribution in [3.8, 4) is 0 Å². The molecule has 1 atom stereocenters. The largest absolute Gasteiger partial charge is 0.324 e. The van der Waals surface area contributed by atoms with Crippen LogP contribution < -0.4 is 5.73 Å². The van der Waals surface area contributed by atoms with Gasteiger partial charge in [0.1, 0.15) is 11.6 Å². The van der Waals surface area contributed by atoms with Crippen LogP contribution in [0.1, 0.15) is 24.1 Å². The molecule has 0 amide bonds. The van der Waals surface area contributed by atoms with Crippen LogP contribution in [-0.2, 0) is 0 Å². The van der Waals surface area contributed by atoms with Crippen LogP contribution in [0.4, 0.5) is 8.78 Å². The predicted molar refractivity (Wildman–Crippen MR) is 43.7 cm³/mol. The van der Waals surface area contributed by atoms with E-state index in [1.165, 1.54) is 19.1 Å². The maximum absolute atomic E-state index is 12.9. The van der Waals surface area contributed by atoms with Crippen molar-refractivity contribution in [2.45, 2.75) is 19.9 Å². The summed E-state index contributed by atoms with van der Waals surface area (Å²) in [6.45, 7) is 3.08. The van der Waals surface area contributed by atoms with Crippen LogP contribution in [-0.4, -0.2) is 0 Å². The van der Waals surface area contributed by atoms with Crippen molar-refractivity contribution in [3.63, 3.8) is 0 Å².